The summed E-state index contributed by atoms with van der Waals surface area (Å²) in [5.41, 5.74) is 6.37. The highest BCUT2D eigenvalue weighted by molar-refractivity contribution is 5.98. The predicted octanol–water partition coefficient (Wildman–Crippen LogP) is 2.67. The monoisotopic (exact) mass is 317 g/mol. The third-order valence-corrected chi connectivity index (χ3v) is 4.33. The van der Waals surface area contributed by atoms with Gasteiger partial charge in [0.2, 0.25) is 5.91 Å². The van der Waals surface area contributed by atoms with E-state index in [4.69, 9.17) is 5.73 Å². The number of nitrogens with two attached hydrogens (primary N) is 1. The minimum Gasteiger partial charge on any atom is -0.346 e. The van der Waals surface area contributed by atoms with Crippen molar-refractivity contribution >= 4 is 17.5 Å². The van der Waals surface area contributed by atoms with Crippen LogP contribution in [0.2, 0.25) is 0 Å². The van der Waals surface area contributed by atoms with E-state index in [9.17, 15) is 9.59 Å². The van der Waals surface area contributed by atoms with Crippen molar-refractivity contribution in [3.05, 3.63) is 29.8 Å². The molecule has 1 aliphatic rings. The van der Waals surface area contributed by atoms with Crippen molar-refractivity contribution in [1.29, 1.82) is 0 Å². The van der Waals surface area contributed by atoms with Gasteiger partial charge in [0.25, 0.3) is 5.91 Å². The van der Waals surface area contributed by atoms with E-state index in [0.717, 1.165) is 25.7 Å². The van der Waals surface area contributed by atoms with E-state index in [1.807, 2.05) is 19.9 Å². The average molecular weight is 317 g/mol. The Labute approximate surface area is 138 Å². The summed E-state index contributed by atoms with van der Waals surface area (Å²) >= 11 is 0. The number of rotatable bonds is 5. The summed E-state index contributed by atoms with van der Waals surface area (Å²) in [6.07, 6.45) is 5.37. The number of nitrogens with one attached hydrogen (secondary N) is 2. The van der Waals surface area contributed by atoms with Gasteiger partial charge in [0.05, 0.1) is 0 Å². The van der Waals surface area contributed by atoms with Crippen molar-refractivity contribution in [3.63, 3.8) is 0 Å². The van der Waals surface area contributed by atoms with Crippen LogP contribution in [0, 0.1) is 5.92 Å². The Morgan fingerprint density at radius 3 is 2.57 bits per heavy atom. The zero-order valence-electron chi connectivity index (χ0n) is 14.0. The summed E-state index contributed by atoms with van der Waals surface area (Å²) < 4.78 is 0. The largest absolute Gasteiger partial charge is 0.346 e. The van der Waals surface area contributed by atoms with Crippen LogP contribution in [0.1, 0.15) is 56.3 Å². The molecule has 23 heavy (non-hydrogen) atoms. The lowest BCUT2D eigenvalue weighted by Gasteiger charge is -2.24. The maximum atomic E-state index is 12.3. The van der Waals surface area contributed by atoms with Gasteiger partial charge in [-0.15, -0.1) is 0 Å². The number of amides is 2. The summed E-state index contributed by atoms with van der Waals surface area (Å²) in [6.45, 7) is 4.11. The van der Waals surface area contributed by atoms with Gasteiger partial charge in [-0.25, -0.2) is 0 Å². The highest BCUT2D eigenvalue weighted by Crippen LogP contribution is 2.25. The molecular weight excluding hydrogens is 290 g/mol. The zero-order chi connectivity index (χ0) is 16.9. The molecule has 0 bridgehead atoms. The van der Waals surface area contributed by atoms with Gasteiger partial charge < -0.3 is 16.4 Å². The van der Waals surface area contributed by atoms with Crippen LogP contribution in [0.5, 0.6) is 0 Å². The Morgan fingerprint density at radius 1 is 1.22 bits per heavy atom. The molecule has 0 atom stereocenters. The van der Waals surface area contributed by atoms with Crippen molar-refractivity contribution < 1.29 is 9.59 Å². The number of anilines is 1. The van der Waals surface area contributed by atoms with Crippen molar-refractivity contribution in [2.75, 3.05) is 11.9 Å². The lowest BCUT2D eigenvalue weighted by atomic mass is 9.88. The molecule has 1 aromatic rings. The number of carbonyl (C=O) groups is 2. The minimum absolute atomic E-state index is 0.0598. The van der Waals surface area contributed by atoms with E-state index >= 15 is 0 Å². The van der Waals surface area contributed by atoms with Gasteiger partial charge in [0, 0.05) is 29.3 Å². The van der Waals surface area contributed by atoms with Crippen molar-refractivity contribution in [1.82, 2.24) is 5.32 Å². The topological polar surface area (TPSA) is 84.2 Å². The molecule has 1 fully saturated rings. The summed E-state index contributed by atoms with van der Waals surface area (Å²) in [5, 5.41) is 5.83. The number of carbonyl (C=O) groups excluding carboxylic acids is 2. The quantitative estimate of drug-likeness (QED) is 0.780. The fraction of sp³-hybridized carbons (Fsp3) is 0.556. The highest BCUT2D eigenvalue weighted by Gasteiger charge is 2.22. The molecule has 4 N–H and O–H groups in total. The summed E-state index contributed by atoms with van der Waals surface area (Å²) in [4.78, 5) is 24.6. The summed E-state index contributed by atoms with van der Waals surface area (Å²) in [6, 6.07) is 7.03. The maximum Gasteiger partial charge on any atom is 0.251 e. The second-order valence-corrected chi connectivity index (χ2v) is 6.95. The first-order chi connectivity index (χ1) is 10.9. The van der Waals surface area contributed by atoms with Gasteiger partial charge in [-0.1, -0.05) is 25.3 Å². The van der Waals surface area contributed by atoms with Gasteiger partial charge in [-0.2, -0.15) is 0 Å². The highest BCUT2D eigenvalue weighted by atomic mass is 16.2. The molecule has 0 saturated heterocycles. The zero-order valence-corrected chi connectivity index (χ0v) is 14.0. The molecule has 2 amide bonds. The molecule has 0 radical (unpaired) electrons. The first-order valence-electron chi connectivity index (χ1n) is 8.35. The van der Waals surface area contributed by atoms with Crippen LogP contribution in [0.25, 0.3) is 0 Å². The predicted molar refractivity (Wildman–Crippen MR) is 92.2 cm³/mol. The van der Waals surface area contributed by atoms with Gasteiger partial charge in [-0.3, -0.25) is 9.59 Å². The van der Waals surface area contributed by atoms with E-state index < -0.39 is 5.54 Å². The van der Waals surface area contributed by atoms with E-state index in [1.54, 1.807) is 18.2 Å². The molecule has 0 aliphatic heterocycles. The van der Waals surface area contributed by atoms with Crippen molar-refractivity contribution in [2.45, 2.75) is 51.5 Å². The molecule has 126 valence electrons. The van der Waals surface area contributed by atoms with Crippen LogP contribution in [0.3, 0.4) is 0 Å². The first kappa shape index (κ1) is 17.5. The Kier molecular flexibility index (Phi) is 5.77. The second-order valence-electron chi connectivity index (χ2n) is 6.95. The van der Waals surface area contributed by atoms with Crippen LogP contribution < -0.4 is 16.4 Å². The number of benzene rings is 1. The molecule has 5 nitrogen and oxygen atoms in total. The Balaban J connectivity index is 2.01. The van der Waals surface area contributed by atoms with Crippen LogP contribution in [0.4, 0.5) is 5.69 Å². The van der Waals surface area contributed by atoms with E-state index in [1.165, 1.54) is 6.42 Å². The lowest BCUT2D eigenvalue weighted by molar-refractivity contribution is -0.120. The van der Waals surface area contributed by atoms with Gasteiger partial charge in [0.1, 0.15) is 0 Å². The minimum atomic E-state index is -0.460. The molecule has 2 rings (SSSR count). The number of hydrogen-bond donors (Lipinski definition) is 3. The Hall–Kier alpha value is -1.88. The Bertz CT molecular complexity index is 563. The third-order valence-electron chi connectivity index (χ3n) is 4.33. The molecular formula is C18H27N3O2. The van der Waals surface area contributed by atoms with Crippen LogP contribution in [0.15, 0.2) is 24.3 Å². The standard InChI is InChI=1S/C18H27N3O2/c1-18(2,12-19)21-17(23)14-9-6-10-15(11-14)20-16(22)13-7-4-3-5-8-13/h6,9-11,13H,3-5,7-8,12,19H2,1-2H3,(H,20,22)(H,21,23). The molecule has 1 aliphatic carbocycles. The SMILES string of the molecule is CC(C)(CN)NC(=O)c1cccc(NC(=O)C2CCCCC2)c1. The van der Waals surface area contributed by atoms with Gasteiger partial charge in [-0.05, 0) is 44.9 Å². The van der Waals surface area contributed by atoms with Crippen LogP contribution in [-0.4, -0.2) is 23.9 Å². The molecule has 0 heterocycles. The fourth-order valence-electron chi connectivity index (χ4n) is 2.78. The van der Waals surface area contributed by atoms with Crippen LogP contribution in [-0.2, 0) is 4.79 Å². The molecule has 1 saturated carbocycles. The second kappa shape index (κ2) is 7.59. The molecule has 0 spiro atoms. The van der Waals surface area contributed by atoms with E-state index in [0.29, 0.717) is 17.8 Å². The molecule has 0 unspecified atom stereocenters. The smallest absolute Gasteiger partial charge is 0.251 e. The average Bonchev–Trinajstić information content (AvgIpc) is 2.55. The maximum absolute atomic E-state index is 12.3. The molecule has 0 aromatic heterocycles. The number of hydrogen-bond acceptors (Lipinski definition) is 3. The van der Waals surface area contributed by atoms with Crippen molar-refractivity contribution in [3.8, 4) is 0 Å². The third kappa shape index (κ3) is 5.06. The van der Waals surface area contributed by atoms with Crippen molar-refractivity contribution in [2.24, 2.45) is 11.7 Å². The normalized spacial score (nSPS) is 16.0. The fourth-order valence-corrected chi connectivity index (χ4v) is 2.78. The molecule has 5 heteroatoms. The van der Waals surface area contributed by atoms with E-state index in [2.05, 4.69) is 10.6 Å². The first-order valence-corrected chi connectivity index (χ1v) is 8.35. The van der Waals surface area contributed by atoms with Crippen LogP contribution >= 0.6 is 0 Å². The summed E-state index contributed by atoms with van der Waals surface area (Å²) in [7, 11) is 0. The van der Waals surface area contributed by atoms with Gasteiger partial charge in [0.15, 0.2) is 0 Å². The van der Waals surface area contributed by atoms with E-state index in [-0.39, 0.29) is 17.7 Å². The Morgan fingerprint density at radius 2 is 1.91 bits per heavy atom. The van der Waals surface area contributed by atoms with Gasteiger partial charge >= 0.3 is 0 Å². The lowest BCUT2D eigenvalue weighted by Crippen LogP contribution is -2.48. The summed E-state index contributed by atoms with van der Waals surface area (Å²) in [5.74, 6) is -0.0313. The molecule has 1 aromatic carbocycles.